The Balaban J connectivity index is 2.02. The van der Waals surface area contributed by atoms with E-state index in [0.717, 1.165) is 5.56 Å². The molecule has 2 rings (SSSR count). The van der Waals surface area contributed by atoms with Crippen molar-refractivity contribution in [2.45, 2.75) is 13.0 Å². The van der Waals surface area contributed by atoms with Crippen molar-refractivity contribution in [2.75, 3.05) is 6.54 Å². The number of nitrogens with one attached hydrogen (secondary N) is 1. The number of benzene rings is 2. The van der Waals surface area contributed by atoms with Gasteiger partial charge in [-0.3, -0.25) is 4.79 Å². The minimum absolute atomic E-state index is 0.0780. The van der Waals surface area contributed by atoms with E-state index in [-0.39, 0.29) is 18.0 Å². The van der Waals surface area contributed by atoms with Gasteiger partial charge in [-0.25, -0.2) is 4.39 Å². The van der Waals surface area contributed by atoms with Gasteiger partial charge < -0.3 is 10.4 Å². The molecule has 0 aliphatic rings. The second-order valence-electron chi connectivity index (χ2n) is 4.76. The zero-order valence-electron chi connectivity index (χ0n) is 11.4. The molecule has 2 N–H and O–H groups in total. The van der Waals surface area contributed by atoms with Crippen molar-refractivity contribution in [3.8, 4) is 0 Å². The van der Waals surface area contributed by atoms with Crippen molar-refractivity contribution in [1.82, 2.24) is 5.32 Å². The number of hydrogen-bond acceptors (Lipinski definition) is 2. The first-order valence-electron chi connectivity index (χ1n) is 6.45. The van der Waals surface area contributed by atoms with E-state index in [0.29, 0.717) is 10.6 Å². The molecule has 0 saturated carbocycles. The predicted octanol–water partition coefficient (Wildman–Crippen LogP) is 3.25. The summed E-state index contributed by atoms with van der Waals surface area (Å²) in [5.41, 5.74) is 1.42. The van der Waals surface area contributed by atoms with Crippen LogP contribution in [0.25, 0.3) is 0 Å². The van der Waals surface area contributed by atoms with Crippen molar-refractivity contribution in [3.05, 3.63) is 70.0 Å². The van der Waals surface area contributed by atoms with Crippen molar-refractivity contribution in [3.63, 3.8) is 0 Å². The largest absolute Gasteiger partial charge is 0.386 e. The monoisotopic (exact) mass is 307 g/mol. The lowest BCUT2D eigenvalue weighted by molar-refractivity contribution is 0.0914. The average Bonchev–Trinajstić information content (AvgIpc) is 2.43. The van der Waals surface area contributed by atoms with Crippen LogP contribution in [0.15, 0.2) is 42.5 Å². The Morgan fingerprint density at radius 3 is 2.71 bits per heavy atom. The molecule has 0 aliphatic heterocycles. The summed E-state index contributed by atoms with van der Waals surface area (Å²) in [6.07, 6.45) is -1.10. The lowest BCUT2D eigenvalue weighted by Gasteiger charge is -2.13. The summed E-state index contributed by atoms with van der Waals surface area (Å²) >= 11 is 5.89. The van der Waals surface area contributed by atoms with Crippen LogP contribution in [0, 0.1) is 12.7 Å². The van der Waals surface area contributed by atoms with Gasteiger partial charge in [0.15, 0.2) is 0 Å². The van der Waals surface area contributed by atoms with E-state index in [1.165, 1.54) is 12.1 Å². The highest BCUT2D eigenvalue weighted by Gasteiger charge is 2.14. The number of aryl methyl sites for hydroxylation is 1. The van der Waals surface area contributed by atoms with Gasteiger partial charge in [0.25, 0.3) is 5.91 Å². The molecule has 110 valence electrons. The fourth-order valence-electron chi connectivity index (χ4n) is 2.01. The molecule has 1 atom stereocenters. The molecule has 2 aromatic rings. The summed E-state index contributed by atoms with van der Waals surface area (Å²) in [5, 5.41) is 13.0. The quantitative estimate of drug-likeness (QED) is 0.911. The first-order chi connectivity index (χ1) is 9.97. The van der Waals surface area contributed by atoms with Crippen LogP contribution in [0.1, 0.15) is 27.6 Å². The highest BCUT2D eigenvalue weighted by Crippen LogP contribution is 2.17. The fourth-order valence-corrected chi connectivity index (χ4v) is 2.30. The van der Waals surface area contributed by atoms with Gasteiger partial charge in [0.2, 0.25) is 0 Å². The molecule has 0 aliphatic carbocycles. The minimum Gasteiger partial charge on any atom is -0.386 e. The van der Waals surface area contributed by atoms with E-state index in [1.54, 1.807) is 30.3 Å². The second-order valence-corrected chi connectivity index (χ2v) is 5.20. The Labute approximate surface area is 127 Å². The molecule has 0 saturated heterocycles. The van der Waals surface area contributed by atoms with E-state index in [2.05, 4.69) is 5.32 Å². The van der Waals surface area contributed by atoms with E-state index < -0.39 is 11.9 Å². The SMILES string of the molecule is Cc1cc(Cl)cc(C(=O)NCC(O)c2ccccc2F)c1. The molecule has 21 heavy (non-hydrogen) atoms. The highest BCUT2D eigenvalue weighted by molar-refractivity contribution is 6.31. The van der Waals surface area contributed by atoms with E-state index >= 15 is 0 Å². The summed E-state index contributed by atoms with van der Waals surface area (Å²) in [4.78, 5) is 12.0. The maximum Gasteiger partial charge on any atom is 0.251 e. The predicted molar refractivity (Wildman–Crippen MR) is 79.9 cm³/mol. The summed E-state index contributed by atoms with van der Waals surface area (Å²) in [7, 11) is 0. The molecule has 0 aromatic heterocycles. The molecule has 0 bridgehead atoms. The van der Waals surface area contributed by atoms with Crippen LogP contribution >= 0.6 is 11.6 Å². The highest BCUT2D eigenvalue weighted by atomic mass is 35.5. The summed E-state index contributed by atoms with van der Waals surface area (Å²) in [6.45, 7) is 1.75. The summed E-state index contributed by atoms with van der Waals surface area (Å²) in [6, 6.07) is 10.9. The number of aliphatic hydroxyl groups excluding tert-OH is 1. The van der Waals surface area contributed by atoms with Crippen LogP contribution in [0.2, 0.25) is 5.02 Å². The smallest absolute Gasteiger partial charge is 0.251 e. The third-order valence-electron chi connectivity index (χ3n) is 3.02. The van der Waals surface area contributed by atoms with Crippen LogP contribution in [-0.2, 0) is 0 Å². The van der Waals surface area contributed by atoms with Crippen LogP contribution in [-0.4, -0.2) is 17.6 Å². The Kier molecular flexibility index (Phi) is 4.94. The number of halogens is 2. The maximum atomic E-state index is 13.5. The zero-order chi connectivity index (χ0) is 15.4. The minimum atomic E-state index is -1.10. The lowest BCUT2D eigenvalue weighted by atomic mass is 10.1. The van der Waals surface area contributed by atoms with Gasteiger partial charge in [0, 0.05) is 22.7 Å². The molecule has 0 fully saturated rings. The average molecular weight is 308 g/mol. The first-order valence-corrected chi connectivity index (χ1v) is 6.83. The lowest BCUT2D eigenvalue weighted by Crippen LogP contribution is -2.28. The molecular weight excluding hydrogens is 293 g/mol. The summed E-state index contributed by atoms with van der Waals surface area (Å²) < 4.78 is 13.5. The molecule has 1 amide bonds. The first kappa shape index (κ1) is 15.5. The number of rotatable bonds is 4. The van der Waals surface area contributed by atoms with Gasteiger partial charge in [-0.2, -0.15) is 0 Å². The van der Waals surface area contributed by atoms with Gasteiger partial charge in [0.1, 0.15) is 5.82 Å². The number of hydrogen-bond donors (Lipinski definition) is 2. The number of carbonyl (C=O) groups excluding carboxylic acids is 1. The fraction of sp³-hybridized carbons (Fsp3) is 0.188. The molecule has 0 spiro atoms. The third kappa shape index (κ3) is 4.03. The molecule has 0 radical (unpaired) electrons. The molecule has 2 aromatic carbocycles. The Morgan fingerprint density at radius 2 is 2.05 bits per heavy atom. The third-order valence-corrected chi connectivity index (χ3v) is 3.24. The van der Waals surface area contributed by atoms with Crippen molar-refractivity contribution in [2.24, 2.45) is 0 Å². The van der Waals surface area contributed by atoms with Crippen molar-refractivity contribution in [1.29, 1.82) is 0 Å². The Morgan fingerprint density at radius 1 is 1.33 bits per heavy atom. The normalized spacial score (nSPS) is 12.0. The van der Waals surface area contributed by atoms with Crippen molar-refractivity contribution < 1.29 is 14.3 Å². The molecule has 1 unspecified atom stereocenters. The van der Waals surface area contributed by atoms with E-state index in [9.17, 15) is 14.3 Å². The molecule has 5 heteroatoms. The Hall–Kier alpha value is -1.91. The van der Waals surface area contributed by atoms with Gasteiger partial charge in [0.05, 0.1) is 6.10 Å². The number of aliphatic hydroxyl groups is 1. The number of amides is 1. The number of carbonyl (C=O) groups is 1. The summed E-state index contributed by atoms with van der Waals surface area (Å²) in [5.74, 6) is -0.867. The van der Waals surface area contributed by atoms with Gasteiger partial charge >= 0.3 is 0 Å². The van der Waals surface area contributed by atoms with Crippen LogP contribution in [0.5, 0.6) is 0 Å². The zero-order valence-corrected chi connectivity index (χ0v) is 12.2. The molecule has 0 heterocycles. The van der Waals surface area contributed by atoms with Gasteiger partial charge in [-0.05, 0) is 36.8 Å². The van der Waals surface area contributed by atoms with Gasteiger partial charge in [-0.15, -0.1) is 0 Å². The Bertz CT molecular complexity index is 640. The van der Waals surface area contributed by atoms with Crippen molar-refractivity contribution >= 4 is 17.5 Å². The van der Waals surface area contributed by atoms with E-state index in [1.807, 2.05) is 6.92 Å². The molecular formula is C16H15ClFNO2. The maximum absolute atomic E-state index is 13.5. The molecule has 3 nitrogen and oxygen atoms in total. The second kappa shape index (κ2) is 6.70. The van der Waals surface area contributed by atoms with E-state index in [4.69, 9.17) is 11.6 Å². The van der Waals surface area contributed by atoms with Crippen LogP contribution < -0.4 is 5.32 Å². The van der Waals surface area contributed by atoms with Crippen LogP contribution in [0.4, 0.5) is 4.39 Å². The van der Waals surface area contributed by atoms with Gasteiger partial charge in [-0.1, -0.05) is 29.8 Å². The van der Waals surface area contributed by atoms with Crippen LogP contribution in [0.3, 0.4) is 0 Å². The topological polar surface area (TPSA) is 49.3 Å². The standard InChI is InChI=1S/C16H15ClFNO2/c1-10-6-11(8-12(17)7-10)16(21)19-9-15(20)13-4-2-3-5-14(13)18/h2-8,15,20H,9H2,1H3,(H,19,21).